The lowest BCUT2D eigenvalue weighted by Crippen LogP contribution is -2.12. The van der Waals surface area contributed by atoms with E-state index < -0.39 is 0 Å². The first-order valence-corrected chi connectivity index (χ1v) is 9.66. The molecule has 0 atom stereocenters. The van der Waals surface area contributed by atoms with E-state index in [1.165, 1.54) is 20.3 Å². The number of hydrogen-bond acceptors (Lipinski definition) is 5. The first-order valence-electron chi connectivity index (χ1n) is 9.66. The third kappa shape index (κ3) is 4.28. The van der Waals surface area contributed by atoms with Crippen LogP contribution in [0.2, 0.25) is 0 Å². The number of nitrogens with one attached hydrogen (secondary N) is 1. The van der Waals surface area contributed by atoms with E-state index in [-0.39, 0.29) is 11.3 Å². The Balaban J connectivity index is 1.65. The van der Waals surface area contributed by atoms with Crippen LogP contribution in [-0.2, 0) is 0 Å². The van der Waals surface area contributed by atoms with Gasteiger partial charge in [-0.3, -0.25) is 9.59 Å². The van der Waals surface area contributed by atoms with Crippen LogP contribution in [0.5, 0.6) is 11.5 Å². The standard InChI is InChI=1S/C25H21NO5/c1-15-5-4-6-16(9-15)24-14-22(27)21-12-18(7-8-23(21)31-24)26-25(28)17-10-19(29-2)13-20(11-17)30-3/h4-14H,1-3H3,(H,26,28). The van der Waals surface area contributed by atoms with Crippen LogP contribution >= 0.6 is 0 Å². The molecule has 1 heterocycles. The number of carbonyl (C=O) groups excluding carboxylic acids is 1. The lowest BCUT2D eigenvalue weighted by Gasteiger charge is -2.10. The van der Waals surface area contributed by atoms with Gasteiger partial charge < -0.3 is 19.2 Å². The molecule has 0 saturated carbocycles. The van der Waals surface area contributed by atoms with E-state index in [1.54, 1.807) is 36.4 Å². The highest BCUT2D eigenvalue weighted by Crippen LogP contribution is 2.26. The Morgan fingerprint density at radius 2 is 1.65 bits per heavy atom. The Hall–Kier alpha value is -4.06. The maximum absolute atomic E-state index is 12.7. The van der Waals surface area contributed by atoms with Crippen molar-refractivity contribution in [3.05, 3.63) is 88.1 Å². The van der Waals surface area contributed by atoms with Crippen LogP contribution in [0.25, 0.3) is 22.3 Å². The molecule has 156 valence electrons. The normalized spacial score (nSPS) is 10.7. The van der Waals surface area contributed by atoms with E-state index in [2.05, 4.69) is 5.32 Å². The number of hydrogen-bond donors (Lipinski definition) is 1. The fourth-order valence-electron chi connectivity index (χ4n) is 3.32. The molecular weight excluding hydrogens is 394 g/mol. The highest BCUT2D eigenvalue weighted by atomic mass is 16.5. The van der Waals surface area contributed by atoms with Gasteiger partial charge in [-0.25, -0.2) is 0 Å². The number of aryl methyl sites for hydroxylation is 1. The average Bonchev–Trinajstić information content (AvgIpc) is 2.78. The summed E-state index contributed by atoms with van der Waals surface area (Å²) in [6.45, 7) is 1.98. The molecule has 31 heavy (non-hydrogen) atoms. The number of fused-ring (bicyclic) bond motifs is 1. The van der Waals surface area contributed by atoms with Gasteiger partial charge in [0, 0.05) is 28.9 Å². The number of carbonyl (C=O) groups is 1. The number of benzene rings is 3. The van der Waals surface area contributed by atoms with Crippen molar-refractivity contribution in [1.82, 2.24) is 0 Å². The fourth-order valence-corrected chi connectivity index (χ4v) is 3.32. The minimum Gasteiger partial charge on any atom is -0.497 e. The number of methoxy groups -OCH3 is 2. The summed E-state index contributed by atoms with van der Waals surface area (Å²) in [4.78, 5) is 25.4. The Morgan fingerprint density at radius 1 is 0.903 bits per heavy atom. The maximum Gasteiger partial charge on any atom is 0.255 e. The molecule has 4 rings (SSSR count). The lowest BCUT2D eigenvalue weighted by molar-refractivity contribution is 0.102. The van der Waals surface area contributed by atoms with E-state index in [0.29, 0.717) is 39.5 Å². The van der Waals surface area contributed by atoms with Gasteiger partial charge in [-0.05, 0) is 43.3 Å². The predicted molar refractivity (Wildman–Crippen MR) is 120 cm³/mol. The van der Waals surface area contributed by atoms with Crippen LogP contribution in [0.3, 0.4) is 0 Å². The van der Waals surface area contributed by atoms with Gasteiger partial charge in [-0.2, -0.15) is 0 Å². The third-order valence-electron chi connectivity index (χ3n) is 4.90. The molecule has 0 bridgehead atoms. The van der Waals surface area contributed by atoms with Gasteiger partial charge in [-0.15, -0.1) is 0 Å². The summed E-state index contributed by atoms with van der Waals surface area (Å²) in [6, 6.07) is 19.1. The van der Waals surface area contributed by atoms with Crippen molar-refractivity contribution >= 4 is 22.6 Å². The second-order valence-corrected chi connectivity index (χ2v) is 7.11. The van der Waals surface area contributed by atoms with Gasteiger partial charge in [0.05, 0.1) is 19.6 Å². The minimum absolute atomic E-state index is 0.183. The van der Waals surface area contributed by atoms with Gasteiger partial charge in [0.25, 0.3) is 5.91 Å². The second kappa shape index (κ2) is 8.36. The molecule has 0 aliphatic heterocycles. The third-order valence-corrected chi connectivity index (χ3v) is 4.90. The van der Waals surface area contributed by atoms with E-state index in [1.807, 2.05) is 31.2 Å². The molecule has 0 fully saturated rings. The van der Waals surface area contributed by atoms with Gasteiger partial charge in [0.15, 0.2) is 5.43 Å². The van der Waals surface area contributed by atoms with Crippen molar-refractivity contribution in [3.63, 3.8) is 0 Å². The van der Waals surface area contributed by atoms with E-state index >= 15 is 0 Å². The molecule has 6 heteroatoms. The molecular formula is C25H21NO5. The number of rotatable bonds is 5. The molecule has 0 aliphatic carbocycles. The largest absolute Gasteiger partial charge is 0.497 e. The van der Waals surface area contributed by atoms with Gasteiger partial charge in [0.1, 0.15) is 22.8 Å². The summed E-state index contributed by atoms with van der Waals surface area (Å²) in [5, 5.41) is 3.19. The topological polar surface area (TPSA) is 77.8 Å². The maximum atomic E-state index is 12.7. The van der Waals surface area contributed by atoms with Crippen molar-refractivity contribution in [3.8, 4) is 22.8 Å². The number of amides is 1. The number of ether oxygens (including phenoxy) is 2. The van der Waals surface area contributed by atoms with Crippen LogP contribution in [0, 0.1) is 6.92 Å². The summed E-state index contributed by atoms with van der Waals surface area (Å²) >= 11 is 0. The van der Waals surface area contributed by atoms with E-state index in [0.717, 1.165) is 11.1 Å². The zero-order valence-electron chi connectivity index (χ0n) is 17.4. The van der Waals surface area contributed by atoms with Crippen molar-refractivity contribution < 1.29 is 18.7 Å². The molecule has 1 aromatic heterocycles. The van der Waals surface area contributed by atoms with Crippen LogP contribution in [0.4, 0.5) is 5.69 Å². The van der Waals surface area contributed by atoms with E-state index in [4.69, 9.17) is 13.9 Å². The quantitative estimate of drug-likeness (QED) is 0.494. The van der Waals surface area contributed by atoms with Crippen LogP contribution in [0.1, 0.15) is 15.9 Å². The van der Waals surface area contributed by atoms with Crippen LogP contribution in [-0.4, -0.2) is 20.1 Å². The predicted octanol–water partition coefficient (Wildman–Crippen LogP) is 5.04. The molecule has 0 spiro atoms. The highest BCUT2D eigenvalue weighted by molar-refractivity contribution is 6.05. The zero-order chi connectivity index (χ0) is 22.0. The zero-order valence-corrected chi connectivity index (χ0v) is 17.4. The lowest BCUT2D eigenvalue weighted by atomic mass is 10.1. The molecule has 6 nitrogen and oxygen atoms in total. The minimum atomic E-state index is -0.350. The highest BCUT2D eigenvalue weighted by Gasteiger charge is 2.12. The molecule has 4 aromatic rings. The molecule has 0 unspecified atom stereocenters. The Labute approximate surface area is 179 Å². The smallest absolute Gasteiger partial charge is 0.255 e. The van der Waals surface area contributed by atoms with Gasteiger partial charge in [-0.1, -0.05) is 23.8 Å². The first-order chi connectivity index (χ1) is 15.0. The molecule has 1 N–H and O–H groups in total. The number of anilines is 1. The Kier molecular flexibility index (Phi) is 5.45. The Bertz CT molecular complexity index is 1320. The first kappa shape index (κ1) is 20.2. The fraction of sp³-hybridized carbons (Fsp3) is 0.120. The molecule has 0 aliphatic rings. The SMILES string of the molecule is COc1cc(OC)cc(C(=O)Nc2ccc3oc(-c4cccc(C)c4)cc(=O)c3c2)c1. The summed E-state index contributed by atoms with van der Waals surface area (Å²) in [5.74, 6) is 1.17. The molecule has 0 saturated heterocycles. The van der Waals surface area contributed by atoms with Crippen molar-refractivity contribution in [2.24, 2.45) is 0 Å². The monoisotopic (exact) mass is 415 g/mol. The van der Waals surface area contributed by atoms with Crippen molar-refractivity contribution in [2.45, 2.75) is 6.92 Å². The molecule has 0 radical (unpaired) electrons. The van der Waals surface area contributed by atoms with Crippen molar-refractivity contribution in [2.75, 3.05) is 19.5 Å². The van der Waals surface area contributed by atoms with Crippen LogP contribution in [0.15, 0.2) is 75.9 Å². The molecule has 3 aromatic carbocycles. The summed E-state index contributed by atoms with van der Waals surface area (Å²) < 4.78 is 16.4. The summed E-state index contributed by atoms with van der Waals surface area (Å²) in [5.41, 5.74) is 3.03. The summed E-state index contributed by atoms with van der Waals surface area (Å²) in [6.07, 6.45) is 0. The summed E-state index contributed by atoms with van der Waals surface area (Å²) in [7, 11) is 3.04. The van der Waals surface area contributed by atoms with E-state index in [9.17, 15) is 9.59 Å². The van der Waals surface area contributed by atoms with Crippen LogP contribution < -0.4 is 20.2 Å². The Morgan fingerprint density at radius 3 is 2.32 bits per heavy atom. The average molecular weight is 415 g/mol. The second-order valence-electron chi connectivity index (χ2n) is 7.11. The molecule has 1 amide bonds. The van der Waals surface area contributed by atoms with Gasteiger partial charge in [0.2, 0.25) is 0 Å². The van der Waals surface area contributed by atoms with Crippen molar-refractivity contribution in [1.29, 1.82) is 0 Å². The van der Waals surface area contributed by atoms with Gasteiger partial charge >= 0.3 is 0 Å².